The lowest BCUT2D eigenvalue weighted by Crippen LogP contribution is -2.20. The van der Waals surface area contributed by atoms with E-state index >= 15 is 0 Å². The van der Waals surface area contributed by atoms with Crippen molar-refractivity contribution in [2.45, 2.75) is 20.0 Å². The highest BCUT2D eigenvalue weighted by molar-refractivity contribution is 5.91. The van der Waals surface area contributed by atoms with Gasteiger partial charge < -0.3 is 15.8 Å². The molecule has 4 heteroatoms. The van der Waals surface area contributed by atoms with E-state index in [-0.39, 0.29) is 18.6 Å². The molecule has 0 unspecified atom stereocenters. The Morgan fingerprint density at radius 1 is 1.50 bits per heavy atom. The van der Waals surface area contributed by atoms with Crippen molar-refractivity contribution in [1.29, 1.82) is 0 Å². The van der Waals surface area contributed by atoms with Crippen molar-refractivity contribution in [3.8, 4) is 11.8 Å². The maximum absolute atomic E-state index is 11.6. The lowest BCUT2D eigenvalue weighted by atomic mass is 10.2. The SMILES string of the molecule is CC(C)OCC(=O)Nc1cccc(C#CCN)c1. The Kier molecular flexibility index (Phi) is 5.92. The third-order valence-electron chi connectivity index (χ3n) is 2.03. The number of amides is 1. The number of carbonyl (C=O) groups excluding carboxylic acids is 1. The number of hydrogen-bond donors (Lipinski definition) is 2. The summed E-state index contributed by atoms with van der Waals surface area (Å²) in [6.07, 6.45) is 0.0394. The van der Waals surface area contributed by atoms with Crippen LogP contribution in [0, 0.1) is 11.8 Å². The summed E-state index contributed by atoms with van der Waals surface area (Å²) < 4.78 is 5.21. The van der Waals surface area contributed by atoms with Crippen LogP contribution in [0.4, 0.5) is 5.69 Å². The van der Waals surface area contributed by atoms with Gasteiger partial charge in [-0.15, -0.1) is 0 Å². The largest absolute Gasteiger partial charge is 0.369 e. The molecular weight excluding hydrogens is 228 g/mol. The van der Waals surface area contributed by atoms with E-state index in [1.165, 1.54) is 0 Å². The van der Waals surface area contributed by atoms with Crippen molar-refractivity contribution in [2.75, 3.05) is 18.5 Å². The van der Waals surface area contributed by atoms with E-state index in [0.29, 0.717) is 12.2 Å². The number of nitrogens with two attached hydrogens (primary N) is 1. The van der Waals surface area contributed by atoms with E-state index in [4.69, 9.17) is 10.5 Å². The van der Waals surface area contributed by atoms with Gasteiger partial charge in [-0.05, 0) is 32.0 Å². The van der Waals surface area contributed by atoms with Gasteiger partial charge in [-0.3, -0.25) is 4.79 Å². The monoisotopic (exact) mass is 246 g/mol. The summed E-state index contributed by atoms with van der Waals surface area (Å²) in [6.45, 7) is 4.14. The summed E-state index contributed by atoms with van der Waals surface area (Å²) in [5.41, 5.74) is 6.83. The topological polar surface area (TPSA) is 64.3 Å². The first-order valence-electron chi connectivity index (χ1n) is 5.82. The highest BCUT2D eigenvalue weighted by Crippen LogP contribution is 2.09. The highest BCUT2D eigenvalue weighted by atomic mass is 16.5. The van der Waals surface area contributed by atoms with Crippen LogP contribution in [0.5, 0.6) is 0 Å². The lowest BCUT2D eigenvalue weighted by Gasteiger charge is -2.08. The molecule has 0 spiro atoms. The predicted molar refractivity (Wildman–Crippen MR) is 72.1 cm³/mol. The maximum Gasteiger partial charge on any atom is 0.250 e. The molecule has 0 aromatic heterocycles. The van der Waals surface area contributed by atoms with Gasteiger partial charge in [0.05, 0.1) is 12.6 Å². The van der Waals surface area contributed by atoms with Crippen LogP contribution >= 0.6 is 0 Å². The van der Waals surface area contributed by atoms with Crippen molar-refractivity contribution < 1.29 is 9.53 Å². The Labute approximate surface area is 108 Å². The zero-order valence-corrected chi connectivity index (χ0v) is 10.7. The quantitative estimate of drug-likeness (QED) is 0.788. The maximum atomic E-state index is 11.6. The second-order valence-electron chi connectivity index (χ2n) is 3.99. The molecule has 1 aromatic rings. The van der Waals surface area contributed by atoms with E-state index in [2.05, 4.69) is 17.2 Å². The second-order valence-corrected chi connectivity index (χ2v) is 3.99. The van der Waals surface area contributed by atoms with Gasteiger partial charge >= 0.3 is 0 Å². The van der Waals surface area contributed by atoms with Crippen LogP contribution in [-0.2, 0) is 9.53 Å². The summed E-state index contributed by atoms with van der Waals surface area (Å²) in [4.78, 5) is 11.6. The fourth-order valence-corrected chi connectivity index (χ4v) is 1.27. The molecule has 0 aliphatic rings. The average Bonchev–Trinajstić information content (AvgIpc) is 2.34. The van der Waals surface area contributed by atoms with Gasteiger partial charge in [0.2, 0.25) is 5.91 Å². The molecule has 0 heterocycles. The third kappa shape index (κ3) is 5.48. The van der Waals surface area contributed by atoms with Crippen molar-refractivity contribution >= 4 is 11.6 Å². The molecule has 4 nitrogen and oxygen atoms in total. The van der Waals surface area contributed by atoms with Crippen LogP contribution < -0.4 is 11.1 Å². The van der Waals surface area contributed by atoms with Crippen LogP contribution in [0.2, 0.25) is 0 Å². The zero-order chi connectivity index (χ0) is 13.4. The third-order valence-corrected chi connectivity index (χ3v) is 2.03. The molecule has 0 aliphatic carbocycles. The molecule has 0 saturated carbocycles. The van der Waals surface area contributed by atoms with Crippen molar-refractivity contribution in [3.05, 3.63) is 29.8 Å². The first kappa shape index (κ1) is 14.2. The van der Waals surface area contributed by atoms with Crippen LogP contribution in [0.25, 0.3) is 0 Å². The van der Waals surface area contributed by atoms with Crippen molar-refractivity contribution in [2.24, 2.45) is 5.73 Å². The molecule has 0 aliphatic heterocycles. The Bertz CT molecular complexity index is 458. The van der Waals surface area contributed by atoms with E-state index in [1.807, 2.05) is 26.0 Å². The van der Waals surface area contributed by atoms with E-state index in [0.717, 1.165) is 5.56 Å². The minimum Gasteiger partial charge on any atom is -0.369 e. The van der Waals surface area contributed by atoms with Gasteiger partial charge in [-0.2, -0.15) is 0 Å². The van der Waals surface area contributed by atoms with Gasteiger partial charge in [0.15, 0.2) is 0 Å². The molecule has 96 valence electrons. The van der Waals surface area contributed by atoms with Crippen molar-refractivity contribution in [1.82, 2.24) is 0 Å². The van der Waals surface area contributed by atoms with E-state index < -0.39 is 0 Å². The van der Waals surface area contributed by atoms with Gasteiger partial charge in [0.1, 0.15) is 6.61 Å². The van der Waals surface area contributed by atoms with Gasteiger partial charge in [0, 0.05) is 11.3 Å². The predicted octanol–water partition coefficient (Wildman–Crippen LogP) is 1.36. The number of hydrogen-bond acceptors (Lipinski definition) is 3. The van der Waals surface area contributed by atoms with Gasteiger partial charge in [-0.1, -0.05) is 17.9 Å². The Morgan fingerprint density at radius 2 is 2.28 bits per heavy atom. The Balaban J connectivity index is 2.59. The Hall–Kier alpha value is -1.83. The summed E-state index contributed by atoms with van der Waals surface area (Å²) in [7, 11) is 0. The molecule has 18 heavy (non-hydrogen) atoms. The summed E-state index contributed by atoms with van der Waals surface area (Å²) in [5.74, 6) is 5.50. The van der Waals surface area contributed by atoms with Crippen molar-refractivity contribution in [3.63, 3.8) is 0 Å². The lowest BCUT2D eigenvalue weighted by molar-refractivity contribution is -0.121. The highest BCUT2D eigenvalue weighted by Gasteiger charge is 2.04. The minimum atomic E-state index is -0.173. The number of carbonyl (C=O) groups is 1. The second kappa shape index (κ2) is 7.49. The molecule has 0 bridgehead atoms. The minimum absolute atomic E-state index is 0.0394. The van der Waals surface area contributed by atoms with E-state index in [1.54, 1.807) is 12.1 Å². The van der Waals surface area contributed by atoms with E-state index in [9.17, 15) is 4.79 Å². The van der Waals surface area contributed by atoms with Crippen LogP contribution in [0.1, 0.15) is 19.4 Å². The molecule has 0 radical (unpaired) electrons. The number of rotatable bonds is 4. The summed E-state index contributed by atoms with van der Waals surface area (Å²) >= 11 is 0. The number of benzene rings is 1. The first-order chi connectivity index (χ1) is 8.61. The number of nitrogens with one attached hydrogen (secondary N) is 1. The standard InChI is InChI=1S/C14H18N2O2/c1-11(2)18-10-14(17)16-13-7-3-5-12(9-13)6-4-8-15/h3,5,7,9,11H,8,10,15H2,1-2H3,(H,16,17). The molecule has 0 atom stereocenters. The smallest absolute Gasteiger partial charge is 0.250 e. The van der Waals surface area contributed by atoms with Crippen LogP contribution in [0.3, 0.4) is 0 Å². The molecular formula is C14H18N2O2. The number of anilines is 1. The summed E-state index contributed by atoms with van der Waals surface area (Å²) in [6, 6.07) is 7.30. The van der Waals surface area contributed by atoms with Crippen LogP contribution in [0.15, 0.2) is 24.3 Å². The molecule has 1 aromatic carbocycles. The fourth-order valence-electron chi connectivity index (χ4n) is 1.27. The molecule has 1 amide bonds. The zero-order valence-electron chi connectivity index (χ0n) is 10.7. The van der Waals surface area contributed by atoms with Crippen LogP contribution in [-0.4, -0.2) is 25.2 Å². The fraction of sp³-hybridized carbons (Fsp3) is 0.357. The normalized spacial score (nSPS) is 9.78. The average molecular weight is 246 g/mol. The number of ether oxygens (including phenoxy) is 1. The molecule has 0 fully saturated rings. The molecule has 1 rings (SSSR count). The van der Waals surface area contributed by atoms with Gasteiger partial charge in [-0.25, -0.2) is 0 Å². The first-order valence-corrected chi connectivity index (χ1v) is 5.82. The Morgan fingerprint density at radius 3 is 2.94 bits per heavy atom. The molecule has 3 N–H and O–H groups in total. The summed E-state index contributed by atoms with van der Waals surface area (Å²) in [5, 5.41) is 2.75. The van der Waals surface area contributed by atoms with Gasteiger partial charge in [0.25, 0.3) is 0 Å². The molecule has 0 saturated heterocycles.